The molecule has 6 nitrogen and oxygen atoms in total. The minimum Gasteiger partial charge on any atom is -0.444 e. The topological polar surface area (TPSA) is 79.0 Å². The summed E-state index contributed by atoms with van der Waals surface area (Å²) in [7, 11) is 0. The minimum atomic E-state index is -0.497. The second-order valence-corrected chi connectivity index (χ2v) is 8.69. The van der Waals surface area contributed by atoms with Gasteiger partial charge in [0, 0.05) is 41.3 Å². The van der Waals surface area contributed by atoms with E-state index in [0.29, 0.717) is 13.1 Å². The number of H-pyrrole nitrogens is 1. The lowest BCUT2D eigenvalue weighted by Gasteiger charge is -2.19. The van der Waals surface area contributed by atoms with Crippen molar-refractivity contribution in [3.63, 3.8) is 0 Å². The SMILES string of the molecule is Cc1ccc2[nH]c3nccc(-c4cccc(NCCNC(=O)OC(C)(C)C)c4)c3c2c1. The van der Waals surface area contributed by atoms with Crippen LogP contribution in [0.2, 0.25) is 0 Å². The number of rotatable bonds is 5. The molecule has 4 aromatic rings. The van der Waals surface area contributed by atoms with Crippen molar-refractivity contribution in [2.24, 2.45) is 0 Å². The molecule has 0 aliphatic carbocycles. The van der Waals surface area contributed by atoms with Crippen molar-refractivity contribution in [2.45, 2.75) is 33.3 Å². The van der Waals surface area contributed by atoms with Crippen LogP contribution >= 0.6 is 0 Å². The van der Waals surface area contributed by atoms with Crippen molar-refractivity contribution in [3.05, 3.63) is 60.3 Å². The summed E-state index contributed by atoms with van der Waals surface area (Å²) >= 11 is 0. The Bertz CT molecular complexity index is 1240. The molecular weight excluding hydrogens is 388 g/mol. The fraction of sp³-hybridized carbons (Fsp3) is 0.280. The van der Waals surface area contributed by atoms with Crippen LogP contribution in [0.5, 0.6) is 0 Å². The van der Waals surface area contributed by atoms with Gasteiger partial charge in [-0.2, -0.15) is 0 Å². The summed E-state index contributed by atoms with van der Waals surface area (Å²) in [6, 6.07) is 16.7. The smallest absolute Gasteiger partial charge is 0.407 e. The van der Waals surface area contributed by atoms with Crippen LogP contribution in [-0.2, 0) is 4.74 Å². The molecule has 2 aromatic carbocycles. The standard InChI is InChI=1S/C25H28N4O2/c1-16-8-9-21-20(14-16)22-19(10-11-27-23(22)29-21)17-6-5-7-18(15-17)26-12-13-28-24(30)31-25(2,3)4/h5-11,14-15,26H,12-13H2,1-4H3,(H,27,29)(H,28,30). The first-order valence-corrected chi connectivity index (χ1v) is 10.5. The van der Waals surface area contributed by atoms with Crippen LogP contribution in [0.4, 0.5) is 10.5 Å². The molecule has 0 spiro atoms. The highest BCUT2D eigenvalue weighted by Gasteiger charge is 2.15. The van der Waals surface area contributed by atoms with Gasteiger partial charge in [0.1, 0.15) is 11.2 Å². The zero-order chi connectivity index (χ0) is 22.0. The number of hydrogen-bond donors (Lipinski definition) is 3. The summed E-state index contributed by atoms with van der Waals surface area (Å²) in [5, 5.41) is 8.44. The van der Waals surface area contributed by atoms with Crippen molar-refractivity contribution < 1.29 is 9.53 Å². The predicted molar refractivity (Wildman–Crippen MR) is 126 cm³/mol. The van der Waals surface area contributed by atoms with Crippen LogP contribution in [-0.4, -0.2) is 34.8 Å². The van der Waals surface area contributed by atoms with E-state index < -0.39 is 11.7 Å². The number of aryl methyl sites for hydroxylation is 1. The van der Waals surface area contributed by atoms with E-state index in [1.165, 1.54) is 10.9 Å². The molecule has 0 radical (unpaired) electrons. The number of aromatic nitrogens is 2. The van der Waals surface area contributed by atoms with E-state index in [1.807, 2.05) is 39.1 Å². The van der Waals surface area contributed by atoms with E-state index in [4.69, 9.17) is 4.74 Å². The molecule has 2 aromatic heterocycles. The quantitative estimate of drug-likeness (QED) is 0.369. The number of hydrogen-bond acceptors (Lipinski definition) is 4. The Morgan fingerprint density at radius 2 is 1.94 bits per heavy atom. The van der Waals surface area contributed by atoms with Gasteiger partial charge in [0.25, 0.3) is 0 Å². The molecule has 31 heavy (non-hydrogen) atoms. The van der Waals surface area contributed by atoms with Gasteiger partial charge in [0.05, 0.1) is 0 Å². The van der Waals surface area contributed by atoms with Gasteiger partial charge in [-0.05, 0) is 69.2 Å². The minimum absolute atomic E-state index is 0.406. The number of ether oxygens (including phenoxy) is 1. The van der Waals surface area contributed by atoms with E-state index >= 15 is 0 Å². The zero-order valence-corrected chi connectivity index (χ0v) is 18.4. The van der Waals surface area contributed by atoms with Gasteiger partial charge in [0.15, 0.2) is 0 Å². The number of nitrogens with one attached hydrogen (secondary N) is 3. The zero-order valence-electron chi connectivity index (χ0n) is 18.4. The second kappa shape index (κ2) is 8.30. The van der Waals surface area contributed by atoms with Crippen LogP contribution in [0.1, 0.15) is 26.3 Å². The molecule has 0 saturated carbocycles. The summed E-state index contributed by atoms with van der Waals surface area (Å²) in [5.74, 6) is 0. The number of carbonyl (C=O) groups is 1. The fourth-order valence-corrected chi connectivity index (χ4v) is 3.65. The Labute approximate surface area is 182 Å². The first-order chi connectivity index (χ1) is 14.8. The molecule has 0 bridgehead atoms. The van der Waals surface area contributed by atoms with Crippen LogP contribution < -0.4 is 10.6 Å². The van der Waals surface area contributed by atoms with Gasteiger partial charge >= 0.3 is 6.09 Å². The monoisotopic (exact) mass is 416 g/mol. The maximum Gasteiger partial charge on any atom is 0.407 e. The second-order valence-electron chi connectivity index (χ2n) is 8.69. The maximum atomic E-state index is 11.8. The van der Waals surface area contributed by atoms with E-state index in [0.717, 1.165) is 33.4 Å². The lowest BCUT2D eigenvalue weighted by molar-refractivity contribution is 0.0530. The number of fused-ring (bicyclic) bond motifs is 3. The number of anilines is 1. The molecule has 6 heteroatoms. The van der Waals surface area contributed by atoms with Crippen molar-refractivity contribution >= 4 is 33.7 Å². The lowest BCUT2D eigenvalue weighted by Crippen LogP contribution is -2.34. The number of carbonyl (C=O) groups excluding carboxylic acids is 1. The molecule has 0 saturated heterocycles. The average Bonchev–Trinajstić information content (AvgIpc) is 3.08. The Hall–Kier alpha value is -3.54. The first-order valence-electron chi connectivity index (χ1n) is 10.5. The van der Waals surface area contributed by atoms with Gasteiger partial charge in [-0.3, -0.25) is 0 Å². The van der Waals surface area contributed by atoms with Crippen LogP contribution in [0.25, 0.3) is 33.1 Å². The maximum absolute atomic E-state index is 11.8. The highest BCUT2D eigenvalue weighted by Crippen LogP contribution is 2.34. The van der Waals surface area contributed by atoms with Gasteiger partial charge in [-0.15, -0.1) is 0 Å². The molecule has 0 atom stereocenters. The Morgan fingerprint density at radius 1 is 1.10 bits per heavy atom. The molecular formula is C25H28N4O2. The van der Waals surface area contributed by atoms with Gasteiger partial charge in [-0.1, -0.05) is 23.8 Å². The number of benzene rings is 2. The summed E-state index contributed by atoms with van der Waals surface area (Å²) in [5.41, 5.74) is 5.93. The van der Waals surface area contributed by atoms with Crippen molar-refractivity contribution in [1.82, 2.24) is 15.3 Å². The van der Waals surface area contributed by atoms with E-state index in [2.05, 4.69) is 63.9 Å². The van der Waals surface area contributed by atoms with Gasteiger partial charge in [0.2, 0.25) is 0 Å². The molecule has 0 fully saturated rings. The third-order valence-electron chi connectivity index (χ3n) is 4.94. The van der Waals surface area contributed by atoms with E-state index in [9.17, 15) is 4.79 Å². The third kappa shape index (κ3) is 4.79. The fourth-order valence-electron chi connectivity index (χ4n) is 3.65. The number of amides is 1. The van der Waals surface area contributed by atoms with E-state index in [-0.39, 0.29) is 0 Å². The molecule has 0 aliphatic heterocycles. The molecule has 0 unspecified atom stereocenters. The van der Waals surface area contributed by atoms with Crippen molar-refractivity contribution in [3.8, 4) is 11.1 Å². The molecule has 0 aliphatic rings. The summed E-state index contributed by atoms with van der Waals surface area (Å²) in [4.78, 5) is 19.7. The van der Waals surface area contributed by atoms with E-state index in [1.54, 1.807) is 0 Å². The Kier molecular flexibility index (Phi) is 5.55. The third-order valence-corrected chi connectivity index (χ3v) is 4.94. The van der Waals surface area contributed by atoms with Crippen LogP contribution in [0.3, 0.4) is 0 Å². The normalized spacial score (nSPS) is 11.6. The number of pyridine rings is 1. The van der Waals surface area contributed by atoms with Crippen molar-refractivity contribution in [1.29, 1.82) is 0 Å². The molecule has 4 rings (SSSR count). The predicted octanol–water partition coefficient (Wildman–Crippen LogP) is 5.63. The molecule has 3 N–H and O–H groups in total. The number of alkyl carbamates (subject to hydrolysis) is 1. The first kappa shape index (κ1) is 20.7. The van der Waals surface area contributed by atoms with Crippen LogP contribution in [0.15, 0.2) is 54.7 Å². The Balaban J connectivity index is 1.52. The largest absolute Gasteiger partial charge is 0.444 e. The number of nitrogens with zero attached hydrogens (tertiary/aromatic N) is 1. The van der Waals surface area contributed by atoms with Crippen molar-refractivity contribution in [2.75, 3.05) is 18.4 Å². The summed E-state index contributed by atoms with van der Waals surface area (Å²) < 4.78 is 5.26. The molecule has 2 heterocycles. The highest BCUT2D eigenvalue weighted by molar-refractivity contribution is 6.13. The highest BCUT2D eigenvalue weighted by atomic mass is 16.6. The molecule has 1 amide bonds. The summed E-state index contributed by atoms with van der Waals surface area (Å²) in [6.45, 7) is 8.72. The van der Waals surface area contributed by atoms with Crippen LogP contribution in [0, 0.1) is 6.92 Å². The lowest BCUT2D eigenvalue weighted by atomic mass is 10.0. The Morgan fingerprint density at radius 3 is 2.74 bits per heavy atom. The average molecular weight is 417 g/mol. The van der Waals surface area contributed by atoms with Gasteiger partial charge < -0.3 is 20.4 Å². The van der Waals surface area contributed by atoms with Gasteiger partial charge in [-0.25, -0.2) is 9.78 Å². The molecule has 160 valence electrons. The number of aromatic amines is 1. The summed E-state index contributed by atoms with van der Waals surface area (Å²) in [6.07, 6.45) is 1.43.